The van der Waals surface area contributed by atoms with E-state index in [1.165, 1.54) is 32.9 Å². The van der Waals surface area contributed by atoms with Crippen LogP contribution < -0.4 is 19.5 Å². The summed E-state index contributed by atoms with van der Waals surface area (Å²) < 4.78 is 13.0. The Morgan fingerprint density at radius 1 is 0.528 bits per heavy atom. The Kier molecular flexibility index (Phi) is 10.4. The Balaban J connectivity index is 2.89. The predicted molar refractivity (Wildman–Crippen MR) is 169 cm³/mol. The van der Waals surface area contributed by atoms with Crippen molar-refractivity contribution in [3.8, 4) is 11.5 Å². The third-order valence-electron chi connectivity index (χ3n) is 6.01. The molecule has 0 aliphatic carbocycles. The summed E-state index contributed by atoms with van der Waals surface area (Å²) in [6, 6.07) is 9.09. The van der Waals surface area contributed by atoms with E-state index >= 15 is 0 Å². The number of rotatable bonds is 10. The molecule has 0 radical (unpaired) electrons. The zero-order chi connectivity index (χ0) is 27.7. The first-order valence-electron chi connectivity index (χ1n) is 13.5. The summed E-state index contributed by atoms with van der Waals surface area (Å²) in [4.78, 5) is 0. The fourth-order valence-corrected chi connectivity index (χ4v) is 9.70. The molecule has 0 heterocycles. The molecule has 0 amide bonds. The van der Waals surface area contributed by atoms with E-state index in [1.807, 2.05) is 0 Å². The van der Waals surface area contributed by atoms with Crippen molar-refractivity contribution < 1.29 is 8.85 Å². The first-order chi connectivity index (χ1) is 16.3. The molecule has 0 aliphatic rings. The van der Waals surface area contributed by atoms with Gasteiger partial charge in [0.05, 0.1) is 7.27 Å². The Labute approximate surface area is 230 Å². The summed E-state index contributed by atoms with van der Waals surface area (Å²) in [5.74, 6) is 3.41. The Bertz CT molecular complexity index is 908. The number of benzene rings is 2. The van der Waals surface area contributed by atoms with Crippen LogP contribution in [-0.2, 0) is 0 Å². The third kappa shape index (κ3) is 8.09. The summed E-state index contributed by atoms with van der Waals surface area (Å²) >= 11 is 7.70. The second kappa shape index (κ2) is 11.9. The average Bonchev–Trinajstić information content (AvgIpc) is 2.69. The van der Waals surface area contributed by atoms with Crippen LogP contribution in [0.2, 0.25) is 39.3 Å². The average molecular weight is 565 g/mol. The first kappa shape index (κ1) is 31.4. The normalized spacial score (nSPS) is 13.0. The lowest BCUT2D eigenvalue weighted by atomic mass is 9.94. The second-order valence-electron chi connectivity index (χ2n) is 13.2. The van der Waals surface area contributed by atoms with Gasteiger partial charge in [-0.15, -0.1) is 0 Å². The lowest BCUT2D eigenvalue weighted by molar-refractivity contribution is 0.554. The van der Waals surface area contributed by atoms with E-state index in [1.54, 1.807) is 0 Å². The molecule has 2 rings (SSSR count). The molecule has 0 saturated carbocycles. The second-order valence-corrected chi connectivity index (χ2v) is 24.6. The SMILES string of the molecule is CC(C)c1cc(O[Si](C)(C)C)cc(C(C)C)c1P(Cl)c1c(C(C)C)cc(O[Si](C)(C)C)cc1C(C)C. The van der Waals surface area contributed by atoms with Gasteiger partial charge in [-0.1, -0.05) is 66.6 Å². The van der Waals surface area contributed by atoms with Gasteiger partial charge in [0.1, 0.15) is 11.5 Å². The molecule has 0 bridgehead atoms. The van der Waals surface area contributed by atoms with Crippen LogP contribution in [0.1, 0.15) is 101 Å². The highest BCUT2D eigenvalue weighted by Gasteiger charge is 2.30. The molecule has 0 saturated heterocycles. The van der Waals surface area contributed by atoms with Crippen molar-refractivity contribution in [2.75, 3.05) is 0 Å². The molecule has 36 heavy (non-hydrogen) atoms. The molecular formula is C30H50ClO2PSi2. The molecule has 0 fully saturated rings. The van der Waals surface area contributed by atoms with E-state index in [-0.39, 0.29) is 0 Å². The van der Waals surface area contributed by atoms with Crippen LogP contribution in [0, 0.1) is 0 Å². The van der Waals surface area contributed by atoms with Crippen molar-refractivity contribution in [3.05, 3.63) is 46.5 Å². The fourth-order valence-electron chi connectivity index (χ4n) is 4.45. The van der Waals surface area contributed by atoms with E-state index in [2.05, 4.69) is 119 Å². The Morgan fingerprint density at radius 2 is 0.750 bits per heavy atom. The minimum atomic E-state index is -1.73. The van der Waals surface area contributed by atoms with Crippen molar-refractivity contribution in [1.82, 2.24) is 0 Å². The molecule has 0 aromatic heterocycles. The van der Waals surface area contributed by atoms with Crippen LogP contribution in [0.3, 0.4) is 0 Å². The van der Waals surface area contributed by atoms with Crippen molar-refractivity contribution in [3.63, 3.8) is 0 Å². The van der Waals surface area contributed by atoms with Crippen LogP contribution >= 0.6 is 18.5 Å². The van der Waals surface area contributed by atoms with Crippen LogP contribution in [0.15, 0.2) is 24.3 Å². The van der Waals surface area contributed by atoms with Crippen molar-refractivity contribution in [2.45, 2.75) is 118 Å². The first-order valence-corrected chi connectivity index (χ1v) is 22.6. The van der Waals surface area contributed by atoms with Gasteiger partial charge in [0.2, 0.25) is 16.6 Å². The summed E-state index contributed by atoms with van der Waals surface area (Å²) in [6.07, 6.45) is 0. The lowest BCUT2D eigenvalue weighted by Gasteiger charge is -2.31. The van der Waals surface area contributed by atoms with Crippen molar-refractivity contribution in [1.29, 1.82) is 0 Å². The van der Waals surface area contributed by atoms with Gasteiger partial charge in [-0.2, -0.15) is 0 Å². The molecule has 0 unspecified atom stereocenters. The maximum atomic E-state index is 7.70. The molecule has 202 valence electrons. The molecule has 2 nitrogen and oxygen atoms in total. The smallest absolute Gasteiger partial charge is 0.242 e. The highest BCUT2D eigenvalue weighted by atomic mass is 35.7. The zero-order valence-electron chi connectivity index (χ0n) is 25.3. The Morgan fingerprint density at radius 3 is 0.917 bits per heavy atom. The molecule has 0 aliphatic heterocycles. The molecule has 0 N–H and O–H groups in total. The van der Waals surface area contributed by atoms with E-state index in [0.29, 0.717) is 23.7 Å². The van der Waals surface area contributed by atoms with Gasteiger partial charge in [0.25, 0.3) is 0 Å². The van der Waals surface area contributed by atoms with Gasteiger partial charge in [-0.25, -0.2) is 0 Å². The number of hydrogen-bond acceptors (Lipinski definition) is 2. The minimum absolute atomic E-state index is 0.353. The predicted octanol–water partition coefficient (Wildman–Crippen LogP) is 10.2. The molecule has 0 spiro atoms. The van der Waals surface area contributed by atoms with Crippen LogP contribution in [0.4, 0.5) is 0 Å². The van der Waals surface area contributed by atoms with E-state index in [4.69, 9.17) is 20.1 Å². The van der Waals surface area contributed by atoms with Crippen LogP contribution in [0.25, 0.3) is 0 Å². The number of halogens is 1. The number of hydrogen-bond donors (Lipinski definition) is 0. The van der Waals surface area contributed by atoms with E-state index in [9.17, 15) is 0 Å². The van der Waals surface area contributed by atoms with Crippen LogP contribution in [0.5, 0.6) is 11.5 Å². The summed E-state index contributed by atoms with van der Waals surface area (Å²) in [6.45, 7) is 31.7. The summed E-state index contributed by atoms with van der Waals surface area (Å²) in [5.41, 5.74) is 5.29. The largest absolute Gasteiger partial charge is 0.544 e. The zero-order valence-corrected chi connectivity index (χ0v) is 28.9. The van der Waals surface area contributed by atoms with Gasteiger partial charge < -0.3 is 8.85 Å². The van der Waals surface area contributed by atoms with E-state index < -0.39 is 23.9 Å². The molecule has 0 atom stereocenters. The van der Waals surface area contributed by atoms with E-state index in [0.717, 1.165) is 11.5 Å². The van der Waals surface area contributed by atoms with Gasteiger partial charge in [-0.05, 0) is 109 Å². The van der Waals surface area contributed by atoms with Crippen molar-refractivity contribution in [2.24, 2.45) is 0 Å². The van der Waals surface area contributed by atoms with Gasteiger partial charge >= 0.3 is 0 Å². The molecule has 2 aromatic rings. The topological polar surface area (TPSA) is 18.5 Å². The standard InChI is InChI=1S/C30H50ClO2PSi2/c1-19(2)25-15-23(32-35(9,10)11)16-26(20(3)4)29(25)34(31)30-27(21(5)6)17-24(33-36(12,13)14)18-28(30)22(7)8/h15-22H,1-14H3. The fraction of sp³-hybridized carbons (Fsp3) is 0.600. The molecular weight excluding hydrogens is 515 g/mol. The third-order valence-corrected chi connectivity index (χ3v) is 10.5. The molecule has 2 aromatic carbocycles. The highest BCUT2D eigenvalue weighted by Crippen LogP contribution is 2.49. The highest BCUT2D eigenvalue weighted by molar-refractivity contribution is 7.96. The van der Waals surface area contributed by atoms with Gasteiger partial charge in [0.15, 0.2) is 0 Å². The Hall–Kier alpha value is -0.806. The van der Waals surface area contributed by atoms with Crippen LogP contribution in [-0.4, -0.2) is 16.6 Å². The molecule has 6 heteroatoms. The monoisotopic (exact) mass is 564 g/mol. The quantitative estimate of drug-likeness (QED) is 0.211. The maximum Gasteiger partial charge on any atom is 0.242 e. The maximum absolute atomic E-state index is 7.70. The minimum Gasteiger partial charge on any atom is -0.544 e. The lowest BCUT2D eigenvalue weighted by Crippen LogP contribution is -2.31. The van der Waals surface area contributed by atoms with Crippen molar-refractivity contribution >= 4 is 45.8 Å². The van der Waals surface area contributed by atoms with Gasteiger partial charge in [-0.3, -0.25) is 0 Å². The summed E-state index contributed by atoms with van der Waals surface area (Å²) in [5, 5.41) is 2.64. The summed E-state index contributed by atoms with van der Waals surface area (Å²) in [7, 11) is -4.56. The van der Waals surface area contributed by atoms with Gasteiger partial charge in [0, 0.05) is 10.6 Å².